The largest absolute Gasteiger partial charge is 0.492 e. The highest BCUT2D eigenvalue weighted by molar-refractivity contribution is 5.97. The van der Waals surface area contributed by atoms with Gasteiger partial charge in [-0.3, -0.25) is 9.59 Å². The van der Waals surface area contributed by atoms with Crippen LogP contribution in [-0.4, -0.2) is 43.5 Å². The number of hydrogen-bond acceptors (Lipinski definition) is 4. The first-order valence-corrected chi connectivity index (χ1v) is 6.54. The minimum absolute atomic E-state index is 0.0137. The second kappa shape index (κ2) is 7.37. The van der Waals surface area contributed by atoms with E-state index in [0.29, 0.717) is 30.2 Å². The lowest BCUT2D eigenvalue weighted by Gasteiger charge is -2.17. The summed E-state index contributed by atoms with van der Waals surface area (Å²) in [7, 11) is 1.57. The van der Waals surface area contributed by atoms with Crippen LogP contribution in [0, 0.1) is 0 Å². The van der Waals surface area contributed by atoms with Gasteiger partial charge in [0.1, 0.15) is 5.75 Å². The number of likely N-dealkylation sites (N-methyl/N-ethyl adjacent to an activating group) is 2. The first-order valence-electron chi connectivity index (χ1n) is 6.54. The minimum Gasteiger partial charge on any atom is -0.492 e. The molecule has 0 aromatic heterocycles. The lowest BCUT2D eigenvalue weighted by Crippen LogP contribution is -2.38. The molecule has 1 aromatic rings. The zero-order valence-electron chi connectivity index (χ0n) is 12.1. The van der Waals surface area contributed by atoms with E-state index in [0.717, 1.165) is 0 Å². The van der Waals surface area contributed by atoms with Crippen molar-refractivity contribution in [2.45, 2.75) is 13.8 Å². The summed E-state index contributed by atoms with van der Waals surface area (Å²) >= 11 is 0. The number of benzene rings is 1. The van der Waals surface area contributed by atoms with Crippen molar-refractivity contribution < 1.29 is 14.3 Å². The fraction of sp³-hybridized carbons (Fsp3) is 0.429. The van der Waals surface area contributed by atoms with Gasteiger partial charge in [0.2, 0.25) is 5.91 Å². The van der Waals surface area contributed by atoms with Crippen molar-refractivity contribution in [2.24, 2.45) is 0 Å². The Balaban J connectivity index is 2.76. The van der Waals surface area contributed by atoms with Crippen LogP contribution < -0.4 is 15.8 Å². The Morgan fingerprint density at radius 2 is 2.05 bits per heavy atom. The highest BCUT2D eigenvalue weighted by Gasteiger charge is 2.15. The monoisotopic (exact) mass is 279 g/mol. The van der Waals surface area contributed by atoms with Crippen molar-refractivity contribution in [1.82, 2.24) is 10.2 Å². The Bertz CT molecular complexity index is 489. The highest BCUT2D eigenvalue weighted by atomic mass is 16.5. The van der Waals surface area contributed by atoms with E-state index in [1.807, 2.05) is 13.8 Å². The van der Waals surface area contributed by atoms with Gasteiger partial charge in [-0.05, 0) is 32.0 Å². The lowest BCUT2D eigenvalue weighted by atomic mass is 10.1. The molecule has 0 radical (unpaired) electrons. The smallest absolute Gasteiger partial charge is 0.254 e. The number of nitrogens with zero attached hydrogens (tertiary/aromatic N) is 1. The normalized spacial score (nSPS) is 9.95. The number of ether oxygens (including phenoxy) is 1. The predicted molar refractivity (Wildman–Crippen MR) is 77.7 cm³/mol. The third-order valence-electron chi connectivity index (χ3n) is 2.66. The standard InChI is InChI=1S/C14H21N3O3/c1-4-16-13(18)9-17(3)14(19)10-6-7-12(20-5-2)11(15)8-10/h6-8H,4-5,9,15H2,1-3H3,(H,16,18). The average Bonchev–Trinajstić information content (AvgIpc) is 2.40. The average molecular weight is 279 g/mol. The van der Waals surface area contributed by atoms with Crippen LogP contribution in [0.5, 0.6) is 5.75 Å². The summed E-state index contributed by atoms with van der Waals surface area (Å²) in [6.07, 6.45) is 0. The van der Waals surface area contributed by atoms with Gasteiger partial charge in [-0.2, -0.15) is 0 Å². The van der Waals surface area contributed by atoms with E-state index in [1.54, 1.807) is 25.2 Å². The zero-order chi connectivity index (χ0) is 15.1. The number of carbonyl (C=O) groups is 2. The van der Waals surface area contributed by atoms with Gasteiger partial charge in [-0.25, -0.2) is 0 Å². The lowest BCUT2D eigenvalue weighted by molar-refractivity contribution is -0.121. The van der Waals surface area contributed by atoms with Gasteiger partial charge in [0.15, 0.2) is 0 Å². The first kappa shape index (κ1) is 15.8. The van der Waals surface area contributed by atoms with Crippen molar-refractivity contribution in [2.75, 3.05) is 32.5 Å². The van der Waals surface area contributed by atoms with E-state index >= 15 is 0 Å². The summed E-state index contributed by atoms with van der Waals surface area (Å²) in [5, 5.41) is 2.64. The van der Waals surface area contributed by atoms with Crippen LogP contribution in [0.25, 0.3) is 0 Å². The van der Waals surface area contributed by atoms with Gasteiger partial charge >= 0.3 is 0 Å². The van der Waals surface area contributed by atoms with Crippen molar-refractivity contribution in [3.63, 3.8) is 0 Å². The molecule has 0 fully saturated rings. The van der Waals surface area contributed by atoms with E-state index in [-0.39, 0.29) is 18.4 Å². The molecule has 0 unspecified atom stereocenters. The number of nitrogens with two attached hydrogens (primary N) is 1. The fourth-order valence-corrected chi connectivity index (χ4v) is 1.73. The molecule has 0 atom stereocenters. The van der Waals surface area contributed by atoms with Crippen LogP contribution >= 0.6 is 0 Å². The van der Waals surface area contributed by atoms with Crippen LogP contribution in [0.2, 0.25) is 0 Å². The number of amides is 2. The molecule has 2 amide bonds. The number of nitrogens with one attached hydrogen (secondary N) is 1. The van der Waals surface area contributed by atoms with E-state index < -0.39 is 0 Å². The minimum atomic E-state index is -0.258. The molecule has 0 aliphatic heterocycles. The van der Waals surface area contributed by atoms with Gasteiger partial charge in [-0.15, -0.1) is 0 Å². The molecule has 0 heterocycles. The van der Waals surface area contributed by atoms with Gasteiger partial charge in [0.25, 0.3) is 5.91 Å². The van der Waals surface area contributed by atoms with Crippen molar-refractivity contribution >= 4 is 17.5 Å². The van der Waals surface area contributed by atoms with Crippen molar-refractivity contribution in [1.29, 1.82) is 0 Å². The zero-order valence-corrected chi connectivity index (χ0v) is 12.1. The quantitative estimate of drug-likeness (QED) is 0.757. The van der Waals surface area contributed by atoms with Gasteiger partial charge in [0, 0.05) is 19.2 Å². The molecule has 0 saturated heterocycles. The third kappa shape index (κ3) is 4.15. The Labute approximate surface area is 118 Å². The molecule has 20 heavy (non-hydrogen) atoms. The number of nitrogen functional groups attached to an aromatic ring is 1. The molecule has 0 aliphatic carbocycles. The molecule has 0 bridgehead atoms. The maximum atomic E-state index is 12.2. The van der Waals surface area contributed by atoms with E-state index in [4.69, 9.17) is 10.5 Å². The number of anilines is 1. The van der Waals surface area contributed by atoms with Gasteiger partial charge in [0.05, 0.1) is 18.8 Å². The molecule has 1 aromatic carbocycles. The second-order valence-corrected chi connectivity index (χ2v) is 4.30. The molecular formula is C14H21N3O3. The summed E-state index contributed by atoms with van der Waals surface area (Å²) in [6.45, 7) is 4.75. The summed E-state index contributed by atoms with van der Waals surface area (Å²) in [5.41, 5.74) is 6.65. The van der Waals surface area contributed by atoms with E-state index in [1.165, 1.54) is 4.90 Å². The molecular weight excluding hydrogens is 258 g/mol. The Hall–Kier alpha value is -2.24. The molecule has 110 valence electrons. The molecule has 3 N–H and O–H groups in total. The molecule has 1 rings (SSSR count). The Kier molecular flexibility index (Phi) is 5.83. The Morgan fingerprint density at radius 1 is 1.35 bits per heavy atom. The number of rotatable bonds is 6. The Morgan fingerprint density at radius 3 is 2.60 bits per heavy atom. The van der Waals surface area contributed by atoms with Gasteiger partial charge in [-0.1, -0.05) is 0 Å². The SMILES string of the molecule is CCNC(=O)CN(C)C(=O)c1ccc(OCC)c(N)c1. The molecule has 0 spiro atoms. The topological polar surface area (TPSA) is 84.7 Å². The summed E-state index contributed by atoms with van der Waals surface area (Å²) < 4.78 is 5.31. The fourth-order valence-electron chi connectivity index (χ4n) is 1.73. The van der Waals surface area contributed by atoms with Crippen LogP contribution in [0.4, 0.5) is 5.69 Å². The highest BCUT2D eigenvalue weighted by Crippen LogP contribution is 2.23. The maximum Gasteiger partial charge on any atom is 0.254 e. The van der Waals surface area contributed by atoms with Crippen molar-refractivity contribution in [3.8, 4) is 5.75 Å². The maximum absolute atomic E-state index is 12.2. The van der Waals surface area contributed by atoms with E-state index in [2.05, 4.69) is 5.32 Å². The number of hydrogen-bond donors (Lipinski definition) is 2. The first-order chi connectivity index (χ1) is 9.49. The summed E-state index contributed by atoms with van der Waals surface area (Å²) in [6, 6.07) is 4.85. The van der Waals surface area contributed by atoms with Crippen LogP contribution in [0.15, 0.2) is 18.2 Å². The second-order valence-electron chi connectivity index (χ2n) is 4.30. The molecule has 0 saturated carbocycles. The van der Waals surface area contributed by atoms with E-state index in [9.17, 15) is 9.59 Å². The molecule has 0 aliphatic rings. The van der Waals surface area contributed by atoms with Crippen LogP contribution in [0.1, 0.15) is 24.2 Å². The van der Waals surface area contributed by atoms with Gasteiger partial charge < -0.3 is 20.7 Å². The molecule has 6 nitrogen and oxygen atoms in total. The summed E-state index contributed by atoms with van der Waals surface area (Å²) in [4.78, 5) is 24.9. The van der Waals surface area contributed by atoms with Crippen LogP contribution in [0.3, 0.4) is 0 Å². The van der Waals surface area contributed by atoms with Crippen LogP contribution in [-0.2, 0) is 4.79 Å². The third-order valence-corrected chi connectivity index (χ3v) is 2.66. The number of carbonyl (C=O) groups excluding carboxylic acids is 2. The van der Waals surface area contributed by atoms with Crippen molar-refractivity contribution in [3.05, 3.63) is 23.8 Å². The molecule has 6 heteroatoms. The predicted octanol–water partition coefficient (Wildman–Crippen LogP) is 0.876. The summed E-state index contributed by atoms with van der Waals surface area (Å²) in [5.74, 6) is 0.101.